The fraction of sp³-hybridized carbons (Fsp3) is 0.588. The highest BCUT2D eigenvalue weighted by Gasteiger charge is 2.22. The third kappa shape index (κ3) is 4.46. The summed E-state index contributed by atoms with van der Waals surface area (Å²) in [5, 5.41) is 0. The van der Waals surface area contributed by atoms with Crippen molar-refractivity contribution in [2.45, 2.75) is 20.8 Å². The summed E-state index contributed by atoms with van der Waals surface area (Å²) in [5.74, 6) is 1.55. The van der Waals surface area contributed by atoms with Gasteiger partial charge in [-0.1, -0.05) is 19.9 Å². The van der Waals surface area contributed by atoms with Crippen molar-refractivity contribution in [3.05, 3.63) is 29.8 Å². The van der Waals surface area contributed by atoms with Crippen LogP contribution in [0.2, 0.25) is 0 Å². The summed E-state index contributed by atoms with van der Waals surface area (Å²) in [6.07, 6.45) is 0. The fourth-order valence-electron chi connectivity index (χ4n) is 2.72. The van der Waals surface area contributed by atoms with Crippen LogP contribution in [0.15, 0.2) is 24.3 Å². The molecule has 1 fully saturated rings. The van der Waals surface area contributed by atoms with Crippen molar-refractivity contribution in [1.82, 2.24) is 9.80 Å². The van der Waals surface area contributed by atoms with Crippen LogP contribution < -0.4 is 4.74 Å². The Labute approximate surface area is 127 Å². The minimum atomic E-state index is 0.112. The molecule has 0 bridgehead atoms. The van der Waals surface area contributed by atoms with Crippen LogP contribution in [0.4, 0.5) is 0 Å². The third-order valence-electron chi connectivity index (χ3n) is 3.67. The zero-order valence-corrected chi connectivity index (χ0v) is 13.3. The molecule has 1 saturated heterocycles. The second-order valence-corrected chi connectivity index (χ2v) is 5.95. The van der Waals surface area contributed by atoms with Gasteiger partial charge in [0.2, 0.25) is 0 Å². The third-order valence-corrected chi connectivity index (χ3v) is 3.67. The van der Waals surface area contributed by atoms with Gasteiger partial charge in [0.05, 0.1) is 6.61 Å². The van der Waals surface area contributed by atoms with Gasteiger partial charge in [-0.3, -0.25) is 9.69 Å². The lowest BCUT2D eigenvalue weighted by Crippen LogP contribution is -2.49. The summed E-state index contributed by atoms with van der Waals surface area (Å²) < 4.78 is 5.47. The number of ether oxygens (including phenoxy) is 1. The summed E-state index contributed by atoms with van der Waals surface area (Å²) >= 11 is 0. The first-order chi connectivity index (χ1) is 10.1. The molecule has 116 valence electrons. The van der Waals surface area contributed by atoms with E-state index >= 15 is 0 Å². The SMILES string of the molecule is CCOc1cccc(C(=O)N2CCN(CC(C)C)CC2)c1. The molecule has 0 aromatic heterocycles. The molecule has 0 spiro atoms. The number of amides is 1. The van der Waals surface area contributed by atoms with Crippen molar-refractivity contribution in [3.63, 3.8) is 0 Å². The molecule has 0 unspecified atom stereocenters. The summed E-state index contributed by atoms with van der Waals surface area (Å²) in [5.41, 5.74) is 0.721. The van der Waals surface area contributed by atoms with E-state index < -0.39 is 0 Å². The van der Waals surface area contributed by atoms with Gasteiger partial charge in [0.1, 0.15) is 5.75 Å². The number of rotatable bonds is 5. The number of carbonyl (C=O) groups excluding carboxylic acids is 1. The largest absolute Gasteiger partial charge is 0.494 e. The molecule has 4 heteroatoms. The first-order valence-corrected chi connectivity index (χ1v) is 7.84. The molecule has 1 amide bonds. The summed E-state index contributed by atoms with van der Waals surface area (Å²) in [4.78, 5) is 16.9. The number of hydrogen-bond acceptors (Lipinski definition) is 3. The smallest absolute Gasteiger partial charge is 0.254 e. The van der Waals surface area contributed by atoms with E-state index in [1.165, 1.54) is 0 Å². The minimum absolute atomic E-state index is 0.112. The van der Waals surface area contributed by atoms with Crippen molar-refractivity contribution in [3.8, 4) is 5.75 Å². The lowest BCUT2D eigenvalue weighted by Gasteiger charge is -2.35. The number of carbonyl (C=O) groups is 1. The van der Waals surface area contributed by atoms with Crippen molar-refractivity contribution in [1.29, 1.82) is 0 Å². The second kappa shape index (κ2) is 7.46. The van der Waals surface area contributed by atoms with E-state index in [-0.39, 0.29) is 5.91 Å². The quantitative estimate of drug-likeness (QED) is 0.835. The molecule has 0 N–H and O–H groups in total. The predicted molar refractivity (Wildman–Crippen MR) is 84.8 cm³/mol. The van der Waals surface area contributed by atoms with Crippen LogP contribution in [0.25, 0.3) is 0 Å². The van der Waals surface area contributed by atoms with Crippen molar-refractivity contribution in [2.75, 3.05) is 39.3 Å². The van der Waals surface area contributed by atoms with E-state index in [1.54, 1.807) is 0 Å². The molecule has 1 aliphatic rings. The highest BCUT2D eigenvalue weighted by atomic mass is 16.5. The molecule has 0 radical (unpaired) electrons. The molecule has 0 aliphatic carbocycles. The first kappa shape index (κ1) is 15.8. The van der Waals surface area contributed by atoms with Crippen molar-refractivity contribution < 1.29 is 9.53 Å². The van der Waals surface area contributed by atoms with Gasteiger partial charge < -0.3 is 9.64 Å². The lowest BCUT2D eigenvalue weighted by molar-refractivity contribution is 0.0623. The Morgan fingerprint density at radius 3 is 2.57 bits per heavy atom. The Hall–Kier alpha value is -1.55. The standard InChI is InChI=1S/C17H26N2O2/c1-4-21-16-7-5-6-15(12-16)17(20)19-10-8-18(9-11-19)13-14(2)3/h5-7,12,14H,4,8-11,13H2,1-3H3. The number of benzene rings is 1. The Morgan fingerprint density at radius 2 is 1.95 bits per heavy atom. The molecule has 0 saturated carbocycles. The van der Waals surface area contributed by atoms with Crippen LogP contribution in [0.5, 0.6) is 5.75 Å². The number of hydrogen-bond donors (Lipinski definition) is 0. The zero-order valence-electron chi connectivity index (χ0n) is 13.3. The lowest BCUT2D eigenvalue weighted by atomic mass is 10.1. The van der Waals surface area contributed by atoms with Crippen molar-refractivity contribution in [2.24, 2.45) is 5.92 Å². The Kier molecular flexibility index (Phi) is 5.62. The molecule has 0 atom stereocenters. The van der Waals surface area contributed by atoms with Crippen LogP contribution in [0, 0.1) is 5.92 Å². The molecule has 21 heavy (non-hydrogen) atoms. The monoisotopic (exact) mass is 290 g/mol. The molecule has 2 rings (SSSR count). The fourth-order valence-corrected chi connectivity index (χ4v) is 2.72. The van der Waals surface area contributed by atoms with Gasteiger partial charge in [0, 0.05) is 38.3 Å². The molecular weight excluding hydrogens is 264 g/mol. The summed E-state index contributed by atoms with van der Waals surface area (Å²) in [6.45, 7) is 11.7. The maximum atomic E-state index is 12.5. The van der Waals surface area contributed by atoms with Gasteiger partial charge in [-0.15, -0.1) is 0 Å². The second-order valence-electron chi connectivity index (χ2n) is 5.95. The van der Waals surface area contributed by atoms with Crippen LogP contribution in [-0.2, 0) is 0 Å². The van der Waals surface area contributed by atoms with Crippen molar-refractivity contribution >= 4 is 5.91 Å². The van der Waals surface area contributed by atoms with Gasteiger partial charge in [0.15, 0.2) is 0 Å². The minimum Gasteiger partial charge on any atom is -0.494 e. The summed E-state index contributed by atoms with van der Waals surface area (Å²) in [6, 6.07) is 7.48. The van der Waals surface area contributed by atoms with Crippen LogP contribution in [0.1, 0.15) is 31.1 Å². The molecule has 1 aromatic rings. The Bertz CT molecular complexity index is 466. The van der Waals surface area contributed by atoms with Crippen LogP contribution >= 0.6 is 0 Å². The van der Waals surface area contributed by atoms with Crippen LogP contribution in [-0.4, -0.2) is 55.0 Å². The van der Waals surface area contributed by atoms with Gasteiger partial charge in [0.25, 0.3) is 5.91 Å². The molecule has 1 heterocycles. The zero-order chi connectivity index (χ0) is 15.2. The van der Waals surface area contributed by atoms with Gasteiger partial charge in [-0.05, 0) is 31.0 Å². The predicted octanol–water partition coefficient (Wildman–Crippen LogP) is 2.50. The van der Waals surface area contributed by atoms with E-state index in [2.05, 4.69) is 18.7 Å². The Balaban J connectivity index is 1.94. The maximum Gasteiger partial charge on any atom is 0.254 e. The normalized spacial score (nSPS) is 16.3. The average Bonchev–Trinajstić information content (AvgIpc) is 2.47. The summed E-state index contributed by atoms with van der Waals surface area (Å²) in [7, 11) is 0. The number of nitrogens with zero attached hydrogens (tertiary/aromatic N) is 2. The molecular formula is C17H26N2O2. The molecule has 1 aliphatic heterocycles. The van der Waals surface area contributed by atoms with Gasteiger partial charge in [-0.25, -0.2) is 0 Å². The van der Waals surface area contributed by atoms with E-state index in [1.807, 2.05) is 36.1 Å². The number of piperazine rings is 1. The van der Waals surface area contributed by atoms with E-state index in [0.29, 0.717) is 12.5 Å². The Morgan fingerprint density at radius 1 is 1.24 bits per heavy atom. The first-order valence-electron chi connectivity index (χ1n) is 7.84. The highest BCUT2D eigenvalue weighted by Crippen LogP contribution is 2.16. The van der Waals surface area contributed by atoms with Crippen LogP contribution in [0.3, 0.4) is 0 Å². The van der Waals surface area contributed by atoms with E-state index in [0.717, 1.165) is 44.0 Å². The topological polar surface area (TPSA) is 32.8 Å². The highest BCUT2D eigenvalue weighted by molar-refractivity contribution is 5.94. The average molecular weight is 290 g/mol. The molecule has 4 nitrogen and oxygen atoms in total. The van der Waals surface area contributed by atoms with E-state index in [4.69, 9.17) is 4.74 Å². The van der Waals surface area contributed by atoms with Gasteiger partial charge in [-0.2, -0.15) is 0 Å². The van der Waals surface area contributed by atoms with E-state index in [9.17, 15) is 4.79 Å². The maximum absolute atomic E-state index is 12.5. The van der Waals surface area contributed by atoms with Gasteiger partial charge >= 0.3 is 0 Å². The molecule has 1 aromatic carbocycles.